The van der Waals surface area contributed by atoms with E-state index in [-0.39, 0.29) is 0 Å². The van der Waals surface area contributed by atoms with Gasteiger partial charge in [0.25, 0.3) is 0 Å². The summed E-state index contributed by atoms with van der Waals surface area (Å²) in [4.78, 5) is 3.85. The molecule has 0 bridgehead atoms. The monoisotopic (exact) mass is 265 g/mol. The Kier molecular flexibility index (Phi) is 4.50. The van der Waals surface area contributed by atoms with Crippen molar-refractivity contribution in [3.8, 4) is 0 Å². The third kappa shape index (κ3) is 4.10. The Morgan fingerprint density at radius 2 is 1.78 bits per heavy atom. The van der Waals surface area contributed by atoms with Crippen LogP contribution in [0.3, 0.4) is 0 Å². The molecule has 0 aromatic carbocycles. The number of halogens is 3. The van der Waals surface area contributed by atoms with Gasteiger partial charge in [0.1, 0.15) is 0 Å². The highest BCUT2D eigenvalue weighted by Gasteiger charge is 2.33. The Morgan fingerprint density at radius 1 is 1.11 bits per heavy atom. The molecule has 1 N–H and O–H groups in total. The van der Waals surface area contributed by atoms with Gasteiger partial charge in [-0.3, -0.25) is 9.80 Å². The second-order valence-corrected chi connectivity index (χ2v) is 5.58. The van der Waals surface area contributed by atoms with Crippen molar-refractivity contribution in [1.29, 1.82) is 0 Å². The summed E-state index contributed by atoms with van der Waals surface area (Å²) in [5.74, 6) is 0.664. The number of piperidine rings is 1. The predicted molar refractivity (Wildman–Crippen MR) is 64.5 cm³/mol. The van der Waals surface area contributed by atoms with E-state index in [1.807, 2.05) is 0 Å². The minimum absolute atomic E-state index is 0.502. The van der Waals surface area contributed by atoms with Gasteiger partial charge in [0, 0.05) is 38.8 Å². The lowest BCUT2D eigenvalue weighted by Gasteiger charge is -2.42. The van der Waals surface area contributed by atoms with Crippen LogP contribution in [0.2, 0.25) is 0 Å². The van der Waals surface area contributed by atoms with E-state index in [9.17, 15) is 13.2 Å². The molecule has 2 aliphatic rings. The molecule has 2 aliphatic heterocycles. The summed E-state index contributed by atoms with van der Waals surface area (Å²) in [6.07, 6.45) is -2.91. The van der Waals surface area contributed by atoms with Crippen molar-refractivity contribution in [1.82, 2.24) is 15.1 Å². The lowest BCUT2D eigenvalue weighted by atomic mass is 9.96. The Bertz CT molecular complexity index is 262. The number of rotatable bonds is 2. The quantitative estimate of drug-likeness (QED) is 0.808. The first-order chi connectivity index (χ1) is 8.44. The molecule has 2 unspecified atom stereocenters. The van der Waals surface area contributed by atoms with Crippen LogP contribution in [0, 0.1) is 5.92 Å². The van der Waals surface area contributed by atoms with Gasteiger partial charge in [-0.15, -0.1) is 0 Å². The summed E-state index contributed by atoms with van der Waals surface area (Å²) in [6, 6.07) is 0.502. The fraction of sp³-hybridized carbons (Fsp3) is 1.00. The maximum Gasteiger partial charge on any atom is 0.401 e. The minimum atomic E-state index is -4.07. The van der Waals surface area contributed by atoms with Crippen molar-refractivity contribution < 1.29 is 13.2 Å². The molecule has 0 saturated carbocycles. The summed E-state index contributed by atoms with van der Waals surface area (Å²) in [6.45, 7) is 6.08. The van der Waals surface area contributed by atoms with Crippen LogP contribution in [0.15, 0.2) is 0 Å². The zero-order chi connectivity index (χ0) is 13.2. The first-order valence-electron chi connectivity index (χ1n) is 6.68. The van der Waals surface area contributed by atoms with Crippen LogP contribution in [0.25, 0.3) is 0 Å². The highest BCUT2D eigenvalue weighted by molar-refractivity contribution is 4.85. The first kappa shape index (κ1) is 14.1. The fourth-order valence-electron chi connectivity index (χ4n) is 2.95. The smallest absolute Gasteiger partial charge is 0.315 e. The Morgan fingerprint density at radius 3 is 2.33 bits per heavy atom. The van der Waals surface area contributed by atoms with E-state index in [4.69, 9.17) is 0 Å². The van der Waals surface area contributed by atoms with Crippen LogP contribution in [-0.2, 0) is 0 Å². The summed E-state index contributed by atoms with van der Waals surface area (Å²) in [7, 11) is 0. The summed E-state index contributed by atoms with van der Waals surface area (Å²) in [5, 5.41) is 3.40. The highest BCUT2D eigenvalue weighted by atomic mass is 19.4. The van der Waals surface area contributed by atoms with Crippen molar-refractivity contribution in [2.45, 2.75) is 25.6 Å². The zero-order valence-electron chi connectivity index (χ0n) is 10.8. The largest absolute Gasteiger partial charge is 0.401 e. The van der Waals surface area contributed by atoms with Gasteiger partial charge < -0.3 is 5.32 Å². The van der Waals surface area contributed by atoms with E-state index < -0.39 is 12.7 Å². The highest BCUT2D eigenvalue weighted by Crippen LogP contribution is 2.20. The molecule has 2 atom stereocenters. The predicted octanol–water partition coefficient (Wildman–Crippen LogP) is 1.16. The normalized spacial score (nSPS) is 32.7. The van der Waals surface area contributed by atoms with Gasteiger partial charge >= 0.3 is 6.18 Å². The molecule has 0 amide bonds. The Balaban J connectivity index is 1.76. The van der Waals surface area contributed by atoms with Crippen molar-refractivity contribution >= 4 is 0 Å². The van der Waals surface area contributed by atoms with Crippen LogP contribution in [-0.4, -0.2) is 67.8 Å². The first-order valence-corrected chi connectivity index (χ1v) is 6.68. The fourth-order valence-corrected chi connectivity index (χ4v) is 2.95. The molecule has 0 aromatic heterocycles. The maximum absolute atomic E-state index is 12.3. The number of piperazine rings is 1. The van der Waals surface area contributed by atoms with Crippen molar-refractivity contribution in [2.24, 2.45) is 5.92 Å². The second-order valence-electron chi connectivity index (χ2n) is 5.58. The topological polar surface area (TPSA) is 18.5 Å². The molecule has 0 spiro atoms. The Labute approximate surface area is 106 Å². The minimum Gasteiger partial charge on any atom is -0.315 e. The third-order valence-electron chi connectivity index (χ3n) is 3.87. The number of nitrogens with one attached hydrogen (secondary N) is 1. The van der Waals surface area contributed by atoms with E-state index >= 15 is 0 Å². The maximum atomic E-state index is 12.3. The van der Waals surface area contributed by atoms with Crippen LogP contribution in [0.1, 0.15) is 13.3 Å². The lowest BCUT2D eigenvalue weighted by Crippen LogP contribution is -2.56. The van der Waals surface area contributed by atoms with E-state index in [0.717, 1.165) is 32.6 Å². The number of hydrogen-bond donors (Lipinski definition) is 1. The van der Waals surface area contributed by atoms with Crippen LogP contribution in [0.5, 0.6) is 0 Å². The SMILES string of the molecule is CC1CNCC(N2CCN(CC(F)(F)F)CC2)C1. The van der Waals surface area contributed by atoms with Gasteiger partial charge in [0.05, 0.1) is 6.54 Å². The molecule has 6 heteroatoms. The van der Waals surface area contributed by atoms with Crippen molar-refractivity contribution in [2.75, 3.05) is 45.8 Å². The third-order valence-corrected chi connectivity index (χ3v) is 3.87. The van der Waals surface area contributed by atoms with Gasteiger partial charge in [-0.1, -0.05) is 6.92 Å². The van der Waals surface area contributed by atoms with Gasteiger partial charge in [-0.2, -0.15) is 13.2 Å². The van der Waals surface area contributed by atoms with Crippen molar-refractivity contribution in [3.05, 3.63) is 0 Å². The molecule has 2 saturated heterocycles. The average molecular weight is 265 g/mol. The number of alkyl halides is 3. The standard InChI is InChI=1S/C12H22F3N3/c1-10-6-11(8-16-7-10)18-4-2-17(3-5-18)9-12(13,14)15/h10-11,16H,2-9H2,1H3. The Hall–Kier alpha value is -0.330. The molecular weight excluding hydrogens is 243 g/mol. The van der Waals surface area contributed by atoms with E-state index in [1.54, 1.807) is 0 Å². The van der Waals surface area contributed by atoms with Gasteiger partial charge in [0.2, 0.25) is 0 Å². The summed E-state index contributed by atoms with van der Waals surface area (Å²) < 4.78 is 36.8. The molecule has 0 aliphatic carbocycles. The lowest BCUT2D eigenvalue weighted by molar-refractivity contribution is -0.150. The van der Waals surface area contributed by atoms with Crippen molar-refractivity contribution in [3.63, 3.8) is 0 Å². The van der Waals surface area contributed by atoms with E-state index in [0.29, 0.717) is 25.0 Å². The second kappa shape index (κ2) is 5.75. The molecule has 18 heavy (non-hydrogen) atoms. The molecule has 0 radical (unpaired) electrons. The zero-order valence-corrected chi connectivity index (χ0v) is 10.8. The molecule has 2 rings (SSSR count). The molecule has 2 fully saturated rings. The summed E-state index contributed by atoms with van der Waals surface area (Å²) >= 11 is 0. The molecular formula is C12H22F3N3. The van der Waals surface area contributed by atoms with Gasteiger partial charge in [-0.25, -0.2) is 0 Å². The molecule has 0 aromatic rings. The molecule has 106 valence electrons. The van der Waals surface area contributed by atoms with Crippen LogP contribution < -0.4 is 5.32 Å². The number of nitrogens with zero attached hydrogens (tertiary/aromatic N) is 2. The van der Waals surface area contributed by atoms with E-state index in [2.05, 4.69) is 17.1 Å². The average Bonchev–Trinajstić information content (AvgIpc) is 2.28. The summed E-state index contributed by atoms with van der Waals surface area (Å²) in [5.41, 5.74) is 0. The van der Waals surface area contributed by atoms with E-state index in [1.165, 1.54) is 4.90 Å². The van der Waals surface area contributed by atoms with Crippen LogP contribution in [0.4, 0.5) is 13.2 Å². The van der Waals surface area contributed by atoms with Gasteiger partial charge in [0.15, 0.2) is 0 Å². The number of hydrogen-bond acceptors (Lipinski definition) is 3. The van der Waals surface area contributed by atoms with Crippen LogP contribution >= 0.6 is 0 Å². The van der Waals surface area contributed by atoms with Gasteiger partial charge in [-0.05, 0) is 18.9 Å². The molecule has 2 heterocycles. The molecule has 3 nitrogen and oxygen atoms in total.